The highest BCUT2D eigenvalue weighted by Crippen LogP contribution is 2.37. The van der Waals surface area contributed by atoms with Crippen LogP contribution in [0.25, 0.3) is 0 Å². The fraction of sp³-hybridized carbons (Fsp3) is 0.381. The molecule has 0 fully saturated rings. The van der Waals surface area contributed by atoms with Crippen molar-refractivity contribution in [1.29, 1.82) is 0 Å². The van der Waals surface area contributed by atoms with Gasteiger partial charge in [0.2, 0.25) is 0 Å². The van der Waals surface area contributed by atoms with Crippen molar-refractivity contribution in [3.05, 3.63) is 58.9 Å². The Labute approximate surface area is 159 Å². The van der Waals surface area contributed by atoms with Crippen molar-refractivity contribution in [2.24, 2.45) is 0 Å². The lowest BCUT2D eigenvalue weighted by molar-refractivity contribution is 0.0930. The lowest BCUT2D eigenvalue weighted by Gasteiger charge is -2.37. The molecule has 1 heterocycles. The van der Waals surface area contributed by atoms with Crippen LogP contribution in [0.5, 0.6) is 11.5 Å². The zero-order valence-electron chi connectivity index (χ0n) is 15.9. The average molecular weight is 372 g/mol. The molecule has 0 aromatic heterocycles. The van der Waals surface area contributed by atoms with Crippen LogP contribution in [-0.2, 0) is 6.42 Å². The van der Waals surface area contributed by atoms with Crippen molar-refractivity contribution < 1.29 is 18.7 Å². The molecule has 6 heteroatoms. The number of hydrogen-bond donors (Lipinski definition) is 1. The van der Waals surface area contributed by atoms with E-state index in [2.05, 4.69) is 17.1 Å². The summed E-state index contributed by atoms with van der Waals surface area (Å²) in [4.78, 5) is 14.8. The van der Waals surface area contributed by atoms with E-state index in [-0.39, 0.29) is 17.8 Å². The minimum absolute atomic E-state index is 0.0444. The standard InChI is InChI=1S/C21H25FN2O3/c1-4-24-10-9-15-11-19(26-2)20(27-3)12-17(15)18(24)13-23-21(25)14-5-7-16(22)8-6-14/h5-8,11-12,18H,4,9-10,13H2,1-3H3,(H,23,25)/t18-/m1/s1. The van der Waals surface area contributed by atoms with Crippen LogP contribution < -0.4 is 14.8 Å². The summed E-state index contributed by atoms with van der Waals surface area (Å²) in [5.74, 6) is 0.837. The fourth-order valence-corrected chi connectivity index (χ4v) is 3.59. The van der Waals surface area contributed by atoms with E-state index in [0.717, 1.165) is 30.8 Å². The monoisotopic (exact) mass is 372 g/mol. The third-order valence-electron chi connectivity index (χ3n) is 5.08. The highest BCUT2D eigenvalue weighted by molar-refractivity contribution is 5.94. The van der Waals surface area contributed by atoms with Crippen molar-refractivity contribution in [3.8, 4) is 11.5 Å². The molecule has 1 aliphatic heterocycles. The number of nitrogens with one attached hydrogen (secondary N) is 1. The minimum atomic E-state index is -0.356. The molecule has 0 radical (unpaired) electrons. The van der Waals surface area contributed by atoms with Crippen LogP contribution in [0.1, 0.15) is 34.5 Å². The molecule has 5 nitrogen and oxygen atoms in total. The number of rotatable bonds is 6. The van der Waals surface area contributed by atoms with Crippen LogP contribution in [0.4, 0.5) is 4.39 Å². The SMILES string of the molecule is CCN1CCc2cc(OC)c(OC)cc2[C@H]1CNC(=O)c1ccc(F)cc1. The molecule has 2 aromatic carbocycles. The summed E-state index contributed by atoms with van der Waals surface area (Å²) in [5.41, 5.74) is 2.79. The average Bonchev–Trinajstić information content (AvgIpc) is 2.70. The number of carbonyl (C=O) groups excluding carboxylic acids is 1. The molecule has 1 amide bonds. The van der Waals surface area contributed by atoms with Gasteiger partial charge >= 0.3 is 0 Å². The molecule has 0 saturated heterocycles. The zero-order valence-corrected chi connectivity index (χ0v) is 15.9. The van der Waals surface area contributed by atoms with Crippen molar-refractivity contribution >= 4 is 5.91 Å². The maximum atomic E-state index is 13.1. The lowest BCUT2D eigenvalue weighted by Crippen LogP contribution is -2.42. The van der Waals surface area contributed by atoms with Crippen LogP contribution in [0, 0.1) is 5.82 Å². The molecule has 0 spiro atoms. The Bertz CT molecular complexity index is 808. The predicted octanol–water partition coefficient (Wildman–Crippen LogP) is 3.19. The second-order valence-corrected chi connectivity index (χ2v) is 6.52. The Morgan fingerprint density at radius 1 is 1.19 bits per heavy atom. The summed E-state index contributed by atoms with van der Waals surface area (Å²) >= 11 is 0. The van der Waals surface area contributed by atoms with Gasteiger partial charge in [0.1, 0.15) is 5.82 Å². The van der Waals surface area contributed by atoms with Gasteiger partial charge in [0.15, 0.2) is 11.5 Å². The van der Waals surface area contributed by atoms with E-state index in [0.29, 0.717) is 17.9 Å². The molecular weight excluding hydrogens is 347 g/mol. The topological polar surface area (TPSA) is 50.8 Å². The van der Waals surface area contributed by atoms with E-state index >= 15 is 0 Å². The van der Waals surface area contributed by atoms with Crippen molar-refractivity contribution in [1.82, 2.24) is 10.2 Å². The highest BCUT2D eigenvalue weighted by Gasteiger charge is 2.28. The minimum Gasteiger partial charge on any atom is -0.493 e. The quantitative estimate of drug-likeness (QED) is 0.846. The number of halogens is 1. The molecule has 0 unspecified atom stereocenters. The molecule has 0 saturated carbocycles. The number of fused-ring (bicyclic) bond motifs is 1. The van der Waals surface area contributed by atoms with Gasteiger partial charge in [-0.2, -0.15) is 0 Å². The van der Waals surface area contributed by atoms with Gasteiger partial charge in [-0.25, -0.2) is 4.39 Å². The Morgan fingerprint density at radius 3 is 2.48 bits per heavy atom. The molecule has 0 aliphatic carbocycles. The number of amides is 1. The van der Waals surface area contributed by atoms with E-state index in [4.69, 9.17) is 9.47 Å². The molecule has 2 aromatic rings. The number of benzene rings is 2. The first kappa shape index (κ1) is 19.2. The van der Waals surface area contributed by atoms with Gasteiger partial charge in [-0.15, -0.1) is 0 Å². The van der Waals surface area contributed by atoms with E-state index < -0.39 is 0 Å². The Hall–Kier alpha value is -2.60. The normalized spacial score (nSPS) is 16.5. The summed E-state index contributed by atoms with van der Waals surface area (Å²) in [6.45, 7) is 4.37. The first-order valence-electron chi connectivity index (χ1n) is 9.10. The van der Waals surface area contributed by atoms with Crippen LogP contribution in [0.2, 0.25) is 0 Å². The summed E-state index contributed by atoms with van der Waals surface area (Å²) in [5, 5.41) is 2.98. The second-order valence-electron chi connectivity index (χ2n) is 6.52. The summed E-state index contributed by atoms with van der Waals surface area (Å²) in [6.07, 6.45) is 0.923. The third kappa shape index (κ3) is 4.06. The molecular formula is C21H25FN2O3. The van der Waals surface area contributed by atoms with Crippen molar-refractivity contribution in [2.75, 3.05) is 33.9 Å². The largest absolute Gasteiger partial charge is 0.493 e. The second kappa shape index (κ2) is 8.39. The Kier molecular flexibility index (Phi) is 5.96. The molecule has 1 N–H and O–H groups in total. The molecule has 1 aliphatic rings. The maximum absolute atomic E-state index is 13.1. The third-order valence-corrected chi connectivity index (χ3v) is 5.08. The summed E-state index contributed by atoms with van der Waals surface area (Å²) in [7, 11) is 3.25. The van der Waals surface area contributed by atoms with E-state index in [9.17, 15) is 9.18 Å². The van der Waals surface area contributed by atoms with E-state index in [1.165, 1.54) is 29.8 Å². The van der Waals surface area contributed by atoms with Gasteiger partial charge in [-0.3, -0.25) is 9.69 Å². The number of hydrogen-bond acceptors (Lipinski definition) is 4. The number of carbonyl (C=O) groups is 1. The van der Waals surface area contributed by atoms with Gasteiger partial charge in [0.25, 0.3) is 5.91 Å². The molecule has 3 rings (SSSR count). The molecule has 1 atom stereocenters. The molecule has 27 heavy (non-hydrogen) atoms. The van der Waals surface area contributed by atoms with E-state index in [1.54, 1.807) is 14.2 Å². The highest BCUT2D eigenvalue weighted by atomic mass is 19.1. The maximum Gasteiger partial charge on any atom is 0.251 e. The van der Waals surface area contributed by atoms with Crippen molar-refractivity contribution in [3.63, 3.8) is 0 Å². The predicted molar refractivity (Wildman–Crippen MR) is 102 cm³/mol. The Balaban J connectivity index is 1.83. The van der Waals surface area contributed by atoms with Crippen LogP contribution in [0.3, 0.4) is 0 Å². The first-order valence-corrected chi connectivity index (χ1v) is 9.10. The fourth-order valence-electron chi connectivity index (χ4n) is 3.59. The Morgan fingerprint density at radius 2 is 1.85 bits per heavy atom. The van der Waals surface area contributed by atoms with Gasteiger partial charge in [0.05, 0.1) is 20.3 Å². The molecule has 0 bridgehead atoms. The van der Waals surface area contributed by atoms with Gasteiger partial charge in [-0.1, -0.05) is 6.92 Å². The van der Waals surface area contributed by atoms with Crippen LogP contribution in [-0.4, -0.2) is 44.7 Å². The van der Waals surface area contributed by atoms with Crippen LogP contribution >= 0.6 is 0 Å². The first-order chi connectivity index (χ1) is 13.1. The lowest BCUT2D eigenvalue weighted by atomic mass is 9.91. The number of nitrogens with zero attached hydrogens (tertiary/aromatic N) is 1. The zero-order chi connectivity index (χ0) is 19.4. The smallest absolute Gasteiger partial charge is 0.251 e. The van der Waals surface area contributed by atoms with Crippen molar-refractivity contribution in [2.45, 2.75) is 19.4 Å². The van der Waals surface area contributed by atoms with Gasteiger partial charge in [-0.05, 0) is 60.5 Å². The van der Waals surface area contributed by atoms with Gasteiger partial charge < -0.3 is 14.8 Å². The summed E-state index contributed by atoms with van der Waals surface area (Å²) in [6, 6.07) is 9.64. The number of ether oxygens (including phenoxy) is 2. The van der Waals surface area contributed by atoms with Crippen LogP contribution in [0.15, 0.2) is 36.4 Å². The molecule has 144 valence electrons. The summed E-state index contributed by atoms with van der Waals surface area (Å²) < 4.78 is 23.9. The van der Waals surface area contributed by atoms with Gasteiger partial charge in [0, 0.05) is 18.7 Å². The number of methoxy groups -OCH3 is 2. The number of likely N-dealkylation sites (N-methyl/N-ethyl adjacent to an activating group) is 1. The van der Waals surface area contributed by atoms with E-state index in [1.807, 2.05) is 12.1 Å².